The third-order valence-electron chi connectivity index (χ3n) is 3.44. The summed E-state index contributed by atoms with van der Waals surface area (Å²) in [7, 11) is 0. The lowest BCUT2D eigenvalue weighted by Gasteiger charge is -2.18. The summed E-state index contributed by atoms with van der Waals surface area (Å²) >= 11 is 0. The molecule has 2 atom stereocenters. The molecule has 13 nitrogen and oxygen atoms in total. The Morgan fingerprint density at radius 1 is 0.774 bits per heavy atom. The van der Waals surface area contributed by atoms with Crippen LogP contribution in [0, 0.1) is 0 Å². The minimum Gasteiger partial charge on any atom is -0.394 e. The fourth-order valence-corrected chi connectivity index (χ4v) is 1.72. The van der Waals surface area contributed by atoms with Gasteiger partial charge in [0.15, 0.2) is 0 Å². The minimum absolute atomic E-state index is 0.148. The molecule has 5 amide bonds. The summed E-state index contributed by atoms with van der Waals surface area (Å²) < 4.78 is 0. The fraction of sp³-hybridized carbons (Fsp3) is 0.667. The van der Waals surface area contributed by atoms with E-state index < -0.39 is 61.3 Å². The lowest BCUT2D eigenvalue weighted by Crippen LogP contribution is -2.54. The molecule has 0 aliphatic rings. The second-order valence-corrected chi connectivity index (χ2v) is 6.01. The lowest BCUT2D eigenvalue weighted by molar-refractivity contribution is -0.132. The molecule has 0 radical (unpaired) electrons. The van der Waals surface area contributed by atoms with Gasteiger partial charge in [-0.2, -0.15) is 0 Å². The Kier molecular flexibility index (Phi) is 17.3. The van der Waals surface area contributed by atoms with E-state index in [0.29, 0.717) is 6.42 Å². The van der Waals surface area contributed by atoms with E-state index in [0.717, 1.165) is 0 Å². The molecule has 13 heteroatoms. The van der Waals surface area contributed by atoms with Crippen LogP contribution in [0.5, 0.6) is 0 Å². The van der Waals surface area contributed by atoms with Crippen molar-refractivity contribution in [3.8, 4) is 0 Å². The van der Waals surface area contributed by atoms with Crippen LogP contribution in [-0.2, 0) is 28.8 Å². The van der Waals surface area contributed by atoms with Crippen molar-refractivity contribution >= 4 is 35.3 Å². The molecule has 0 aliphatic carbocycles. The molecule has 0 rings (SSSR count). The summed E-state index contributed by atoms with van der Waals surface area (Å²) in [6.07, 6.45) is 0.342. The van der Waals surface area contributed by atoms with E-state index in [1.54, 1.807) is 6.92 Å². The molecular formula is C18H34N6O7. The summed E-state index contributed by atoms with van der Waals surface area (Å²) in [5.41, 5.74) is 5.52. The van der Waals surface area contributed by atoms with Crippen LogP contribution in [0.25, 0.3) is 0 Å². The molecule has 0 heterocycles. The standard InChI is InChI=1S/C16H28N6O7.C2H6/c1-3-10(17)15(28)22-11(8-23)16(29)21-7-14(27)20-6-13(26)19-5-12(25)18-4-9(2)24;1-2/h10-11,23H,3-8,17H2,1-2H3,(H,18,25)(H,19,26)(H,20,27)(H,21,29)(H,22,28);1-2H3. The van der Waals surface area contributed by atoms with Crippen LogP contribution in [0.15, 0.2) is 0 Å². The largest absolute Gasteiger partial charge is 0.394 e. The number of carbonyl (C=O) groups is 6. The monoisotopic (exact) mass is 446 g/mol. The third-order valence-corrected chi connectivity index (χ3v) is 3.44. The zero-order valence-electron chi connectivity index (χ0n) is 18.4. The van der Waals surface area contributed by atoms with Crippen molar-refractivity contribution in [2.75, 3.05) is 32.8 Å². The molecule has 0 spiro atoms. The Morgan fingerprint density at radius 2 is 1.19 bits per heavy atom. The molecule has 0 aromatic carbocycles. The molecule has 0 saturated carbocycles. The number of amides is 5. The number of rotatable bonds is 13. The minimum atomic E-state index is -1.27. The molecule has 178 valence electrons. The summed E-state index contributed by atoms with van der Waals surface area (Å²) in [6.45, 7) is 4.82. The molecule has 0 bridgehead atoms. The first-order valence-corrected chi connectivity index (χ1v) is 9.84. The van der Waals surface area contributed by atoms with Gasteiger partial charge in [0.05, 0.1) is 38.8 Å². The Balaban J connectivity index is 0. The van der Waals surface area contributed by atoms with Crippen molar-refractivity contribution in [3.63, 3.8) is 0 Å². The number of nitrogens with one attached hydrogen (secondary N) is 5. The van der Waals surface area contributed by atoms with Crippen LogP contribution >= 0.6 is 0 Å². The Labute approximate surface area is 181 Å². The topological polar surface area (TPSA) is 209 Å². The number of ketones is 1. The van der Waals surface area contributed by atoms with Gasteiger partial charge < -0.3 is 37.4 Å². The summed E-state index contributed by atoms with van der Waals surface area (Å²) in [6, 6.07) is -2.10. The second-order valence-electron chi connectivity index (χ2n) is 6.01. The van der Waals surface area contributed by atoms with E-state index in [-0.39, 0.29) is 18.9 Å². The van der Waals surface area contributed by atoms with Crippen LogP contribution in [0.1, 0.15) is 34.1 Å². The van der Waals surface area contributed by atoms with Gasteiger partial charge in [0, 0.05) is 0 Å². The van der Waals surface area contributed by atoms with E-state index in [1.165, 1.54) is 6.92 Å². The van der Waals surface area contributed by atoms with Crippen molar-refractivity contribution in [2.45, 2.75) is 46.2 Å². The number of aliphatic hydroxyl groups excluding tert-OH is 1. The molecule has 0 aromatic heterocycles. The molecule has 0 saturated heterocycles. The number of carbonyl (C=O) groups excluding carboxylic acids is 6. The Morgan fingerprint density at radius 3 is 1.58 bits per heavy atom. The van der Waals surface area contributed by atoms with Gasteiger partial charge in [0.2, 0.25) is 29.5 Å². The molecule has 0 fully saturated rings. The van der Waals surface area contributed by atoms with Gasteiger partial charge in [0.25, 0.3) is 0 Å². The first-order valence-electron chi connectivity index (χ1n) is 9.84. The van der Waals surface area contributed by atoms with Crippen LogP contribution in [0.4, 0.5) is 0 Å². The number of aliphatic hydroxyl groups is 1. The number of nitrogens with two attached hydrogens (primary N) is 1. The highest BCUT2D eigenvalue weighted by Crippen LogP contribution is 1.90. The first-order chi connectivity index (χ1) is 14.6. The van der Waals surface area contributed by atoms with E-state index in [9.17, 15) is 33.9 Å². The van der Waals surface area contributed by atoms with Crippen molar-refractivity contribution < 1.29 is 33.9 Å². The maximum absolute atomic E-state index is 11.9. The van der Waals surface area contributed by atoms with E-state index >= 15 is 0 Å². The molecule has 0 aliphatic heterocycles. The highest BCUT2D eigenvalue weighted by molar-refractivity contribution is 5.93. The van der Waals surface area contributed by atoms with Gasteiger partial charge in [-0.25, -0.2) is 0 Å². The maximum Gasteiger partial charge on any atom is 0.245 e. The highest BCUT2D eigenvalue weighted by atomic mass is 16.3. The van der Waals surface area contributed by atoms with Gasteiger partial charge in [0.1, 0.15) is 11.8 Å². The van der Waals surface area contributed by atoms with Gasteiger partial charge in [-0.3, -0.25) is 28.8 Å². The fourth-order valence-electron chi connectivity index (χ4n) is 1.72. The smallest absolute Gasteiger partial charge is 0.245 e. The van der Waals surface area contributed by atoms with Crippen LogP contribution in [0.3, 0.4) is 0 Å². The summed E-state index contributed by atoms with van der Waals surface area (Å²) in [5.74, 6) is -3.58. The van der Waals surface area contributed by atoms with Crippen molar-refractivity contribution in [1.82, 2.24) is 26.6 Å². The zero-order chi connectivity index (χ0) is 24.4. The van der Waals surface area contributed by atoms with Crippen LogP contribution in [-0.4, -0.2) is 85.3 Å². The molecule has 31 heavy (non-hydrogen) atoms. The van der Waals surface area contributed by atoms with Gasteiger partial charge in [-0.1, -0.05) is 20.8 Å². The zero-order valence-corrected chi connectivity index (χ0v) is 18.4. The van der Waals surface area contributed by atoms with Crippen molar-refractivity contribution in [3.05, 3.63) is 0 Å². The highest BCUT2D eigenvalue weighted by Gasteiger charge is 2.22. The molecular weight excluding hydrogens is 412 g/mol. The predicted octanol–water partition coefficient (Wildman–Crippen LogP) is -3.72. The normalized spacial score (nSPS) is 11.5. The predicted molar refractivity (Wildman–Crippen MR) is 111 cm³/mol. The van der Waals surface area contributed by atoms with E-state index in [1.807, 2.05) is 13.8 Å². The summed E-state index contributed by atoms with van der Waals surface area (Å²) in [4.78, 5) is 68.8. The van der Waals surface area contributed by atoms with E-state index in [2.05, 4.69) is 26.6 Å². The third kappa shape index (κ3) is 15.4. The Hall–Kier alpha value is -3.06. The second kappa shape index (κ2) is 17.8. The molecule has 0 aromatic rings. The number of hydrogen-bond donors (Lipinski definition) is 7. The SMILES string of the molecule is CC.CCC(N)C(=O)NC(CO)C(=O)NCC(=O)NCC(=O)NCC(=O)NCC(C)=O. The maximum atomic E-state index is 11.9. The number of Topliss-reactive ketones (excluding diaryl/α,β-unsaturated/α-hetero) is 1. The van der Waals surface area contributed by atoms with Gasteiger partial charge >= 0.3 is 0 Å². The average molecular weight is 447 g/mol. The molecule has 2 unspecified atom stereocenters. The number of hydrogen-bond acceptors (Lipinski definition) is 8. The van der Waals surface area contributed by atoms with Crippen molar-refractivity contribution in [1.29, 1.82) is 0 Å². The lowest BCUT2D eigenvalue weighted by atomic mass is 10.2. The van der Waals surface area contributed by atoms with Gasteiger partial charge in [-0.15, -0.1) is 0 Å². The van der Waals surface area contributed by atoms with Crippen molar-refractivity contribution in [2.24, 2.45) is 5.73 Å². The Bertz CT molecular complexity index is 627. The first kappa shape index (κ1) is 30.1. The van der Waals surface area contributed by atoms with Crippen LogP contribution in [0.2, 0.25) is 0 Å². The van der Waals surface area contributed by atoms with Crippen LogP contribution < -0.4 is 32.3 Å². The average Bonchev–Trinajstić information content (AvgIpc) is 2.77. The van der Waals surface area contributed by atoms with E-state index in [4.69, 9.17) is 5.73 Å². The quantitative estimate of drug-likeness (QED) is 0.149. The molecule has 8 N–H and O–H groups in total. The summed E-state index contributed by atoms with van der Waals surface area (Å²) in [5, 5.41) is 20.4. The van der Waals surface area contributed by atoms with Gasteiger partial charge in [-0.05, 0) is 13.3 Å².